The van der Waals surface area contributed by atoms with Gasteiger partial charge in [-0.15, -0.1) is 0 Å². The zero-order valence-electron chi connectivity index (χ0n) is 17.9. The van der Waals surface area contributed by atoms with E-state index in [-0.39, 0.29) is 35.1 Å². The van der Waals surface area contributed by atoms with Gasteiger partial charge < -0.3 is 21.1 Å². The lowest BCUT2D eigenvalue weighted by Crippen LogP contribution is -2.34. The van der Waals surface area contributed by atoms with Gasteiger partial charge in [0.15, 0.2) is 5.69 Å². The molecule has 0 saturated carbocycles. The van der Waals surface area contributed by atoms with Crippen LogP contribution < -0.4 is 16.0 Å². The van der Waals surface area contributed by atoms with Crippen LogP contribution in [0.1, 0.15) is 22.5 Å². The molecule has 0 fully saturated rings. The Morgan fingerprint density at radius 3 is 2.65 bits per heavy atom. The second-order valence-electron chi connectivity index (χ2n) is 7.27. The normalized spacial score (nSPS) is 10.9. The first-order valence-electron chi connectivity index (χ1n) is 10.3. The van der Waals surface area contributed by atoms with Gasteiger partial charge in [0.05, 0.1) is 24.4 Å². The second kappa shape index (κ2) is 11.5. The molecular formula is C22H22ClF2N5O4. The minimum absolute atomic E-state index is 0.0102. The Labute approximate surface area is 198 Å². The van der Waals surface area contributed by atoms with Gasteiger partial charge in [-0.2, -0.15) is 5.10 Å². The van der Waals surface area contributed by atoms with Crippen LogP contribution in [0, 0.1) is 5.82 Å². The highest BCUT2D eigenvalue weighted by Crippen LogP contribution is 2.29. The highest BCUT2D eigenvalue weighted by molar-refractivity contribution is 6.34. The van der Waals surface area contributed by atoms with E-state index < -0.39 is 36.8 Å². The van der Waals surface area contributed by atoms with Crippen LogP contribution in [-0.2, 0) is 22.7 Å². The summed E-state index contributed by atoms with van der Waals surface area (Å²) in [6.45, 7) is -0.738. The molecule has 0 bridgehead atoms. The van der Waals surface area contributed by atoms with E-state index in [0.29, 0.717) is 23.9 Å². The topological polar surface area (TPSA) is 125 Å². The van der Waals surface area contributed by atoms with Gasteiger partial charge in [-0.05, 0) is 25.1 Å². The van der Waals surface area contributed by atoms with Gasteiger partial charge in [-0.3, -0.25) is 23.5 Å². The number of rotatable bonds is 11. The van der Waals surface area contributed by atoms with Crippen molar-refractivity contribution in [2.75, 3.05) is 25.1 Å². The predicted octanol–water partition coefficient (Wildman–Crippen LogP) is 2.73. The average Bonchev–Trinajstić information content (AvgIpc) is 3.17. The zero-order valence-corrected chi connectivity index (χ0v) is 18.7. The third kappa shape index (κ3) is 6.06. The van der Waals surface area contributed by atoms with Crippen LogP contribution in [0.15, 0.2) is 36.4 Å². The Kier molecular flexibility index (Phi) is 8.50. The van der Waals surface area contributed by atoms with E-state index in [2.05, 4.69) is 21.0 Å². The lowest BCUT2D eigenvalue weighted by atomic mass is 10.1. The molecule has 0 aliphatic heterocycles. The smallest absolute Gasteiger partial charge is 0.325 e. The van der Waals surface area contributed by atoms with Crippen molar-refractivity contribution in [3.63, 3.8) is 0 Å². The fraction of sp³-hybridized carbons (Fsp3) is 0.273. The molecule has 3 aromatic rings. The molecule has 2 aromatic carbocycles. The summed E-state index contributed by atoms with van der Waals surface area (Å²) in [5, 5.41) is 21.0. The van der Waals surface area contributed by atoms with Gasteiger partial charge >= 0.3 is 5.97 Å². The molecule has 0 aliphatic rings. The number of carboxylic acid groups (broad SMARTS) is 1. The standard InChI is InChI=1S/C22H22ClF2N5O4/c23-19-15(7-6-13(20(19)25)10-27-17(31)11-26-9-3-8-24)28-22(34)21-14-4-1-2-5-16(14)30(29-21)12-18(32)33/h1-2,4-7,26H,3,8-12H2,(H,27,31)(H,28,34)(H,32,33). The highest BCUT2D eigenvalue weighted by Gasteiger charge is 2.20. The zero-order chi connectivity index (χ0) is 24.7. The fourth-order valence-corrected chi connectivity index (χ4v) is 3.43. The third-order valence-electron chi connectivity index (χ3n) is 4.82. The molecule has 1 heterocycles. The minimum atomic E-state index is -1.12. The second-order valence-corrected chi connectivity index (χ2v) is 7.65. The van der Waals surface area contributed by atoms with Crippen LogP contribution in [0.25, 0.3) is 10.9 Å². The maximum absolute atomic E-state index is 14.7. The van der Waals surface area contributed by atoms with Crippen molar-refractivity contribution in [3.05, 3.63) is 58.5 Å². The maximum Gasteiger partial charge on any atom is 0.325 e. The van der Waals surface area contributed by atoms with Gasteiger partial charge in [0.2, 0.25) is 5.91 Å². The number of carboxylic acids is 1. The van der Waals surface area contributed by atoms with E-state index in [1.165, 1.54) is 16.8 Å². The number of anilines is 1. The molecule has 9 nitrogen and oxygen atoms in total. The van der Waals surface area contributed by atoms with Crippen molar-refractivity contribution in [3.8, 4) is 0 Å². The molecular weight excluding hydrogens is 472 g/mol. The molecule has 0 spiro atoms. The number of halogens is 3. The molecule has 0 saturated heterocycles. The highest BCUT2D eigenvalue weighted by atomic mass is 35.5. The first-order valence-corrected chi connectivity index (χ1v) is 10.7. The summed E-state index contributed by atoms with van der Waals surface area (Å²) in [7, 11) is 0. The van der Waals surface area contributed by atoms with Crippen LogP contribution >= 0.6 is 11.6 Å². The molecule has 0 atom stereocenters. The lowest BCUT2D eigenvalue weighted by Gasteiger charge is -2.11. The van der Waals surface area contributed by atoms with E-state index in [0.717, 1.165) is 0 Å². The molecule has 1 aromatic heterocycles. The van der Waals surface area contributed by atoms with Crippen molar-refractivity contribution >= 4 is 46.0 Å². The quantitative estimate of drug-likeness (QED) is 0.304. The molecule has 0 aliphatic carbocycles. The van der Waals surface area contributed by atoms with E-state index in [4.69, 9.17) is 16.7 Å². The summed E-state index contributed by atoms with van der Waals surface area (Å²) >= 11 is 6.10. The number of carbonyl (C=O) groups excluding carboxylic acids is 2. The van der Waals surface area contributed by atoms with Crippen molar-refractivity contribution < 1.29 is 28.3 Å². The molecule has 0 radical (unpaired) electrons. The molecule has 2 amide bonds. The Morgan fingerprint density at radius 2 is 1.91 bits per heavy atom. The maximum atomic E-state index is 14.7. The Bertz CT molecular complexity index is 1220. The lowest BCUT2D eigenvalue weighted by molar-refractivity contribution is -0.137. The van der Waals surface area contributed by atoms with Gasteiger partial charge in [0.1, 0.15) is 17.4 Å². The number of fused-ring (bicyclic) bond motifs is 1. The first-order chi connectivity index (χ1) is 16.3. The monoisotopic (exact) mass is 493 g/mol. The number of amides is 2. The number of benzene rings is 2. The summed E-state index contributed by atoms with van der Waals surface area (Å²) < 4.78 is 28.0. The van der Waals surface area contributed by atoms with Crippen molar-refractivity contribution in [1.29, 1.82) is 0 Å². The van der Waals surface area contributed by atoms with Crippen molar-refractivity contribution in [1.82, 2.24) is 20.4 Å². The van der Waals surface area contributed by atoms with Crippen LogP contribution in [-0.4, -0.2) is 52.4 Å². The van der Waals surface area contributed by atoms with Gasteiger partial charge in [0.25, 0.3) is 5.91 Å². The molecule has 34 heavy (non-hydrogen) atoms. The summed E-state index contributed by atoms with van der Waals surface area (Å²) in [5.74, 6) is -3.02. The van der Waals surface area contributed by atoms with E-state index >= 15 is 0 Å². The molecule has 0 unspecified atom stereocenters. The Hall–Kier alpha value is -3.57. The average molecular weight is 494 g/mol. The fourth-order valence-electron chi connectivity index (χ4n) is 3.20. The van der Waals surface area contributed by atoms with Crippen LogP contribution in [0.2, 0.25) is 5.02 Å². The SMILES string of the molecule is O=C(O)Cn1nc(C(=O)Nc2ccc(CNC(=O)CNCCCF)c(F)c2Cl)c2ccccc21. The summed E-state index contributed by atoms with van der Waals surface area (Å²) in [5.41, 5.74) is 0.516. The number of carbonyl (C=O) groups is 3. The van der Waals surface area contributed by atoms with E-state index in [1.807, 2.05) is 0 Å². The number of hydrogen-bond acceptors (Lipinski definition) is 5. The van der Waals surface area contributed by atoms with Crippen molar-refractivity contribution in [2.45, 2.75) is 19.5 Å². The van der Waals surface area contributed by atoms with Crippen LogP contribution in [0.4, 0.5) is 14.5 Å². The molecule has 3 rings (SSSR count). The number of hydrogen-bond donors (Lipinski definition) is 4. The third-order valence-corrected chi connectivity index (χ3v) is 5.19. The summed E-state index contributed by atoms with van der Waals surface area (Å²) in [6, 6.07) is 9.38. The van der Waals surface area contributed by atoms with Crippen molar-refractivity contribution in [2.24, 2.45) is 0 Å². The molecule has 4 N–H and O–H groups in total. The van der Waals surface area contributed by atoms with E-state index in [9.17, 15) is 23.2 Å². The molecule has 180 valence electrons. The first kappa shape index (κ1) is 25.1. The number of aliphatic carboxylic acids is 1. The van der Waals surface area contributed by atoms with Gasteiger partial charge in [-0.1, -0.05) is 35.9 Å². The number of para-hydroxylation sites is 1. The van der Waals surface area contributed by atoms with Crippen LogP contribution in [0.5, 0.6) is 0 Å². The van der Waals surface area contributed by atoms with Gasteiger partial charge in [-0.25, -0.2) is 4.39 Å². The number of alkyl halides is 1. The molecule has 12 heteroatoms. The largest absolute Gasteiger partial charge is 0.480 e. The summed E-state index contributed by atoms with van der Waals surface area (Å²) in [4.78, 5) is 35.7. The number of nitrogens with one attached hydrogen (secondary N) is 3. The van der Waals surface area contributed by atoms with Crippen LogP contribution in [0.3, 0.4) is 0 Å². The minimum Gasteiger partial charge on any atom is -0.480 e. The Morgan fingerprint density at radius 1 is 1.15 bits per heavy atom. The van der Waals surface area contributed by atoms with Gasteiger partial charge in [0, 0.05) is 17.5 Å². The number of aromatic nitrogens is 2. The number of nitrogens with zero attached hydrogens (tertiary/aromatic N) is 2. The summed E-state index contributed by atoms with van der Waals surface area (Å²) in [6.07, 6.45) is 0.292. The Balaban J connectivity index is 1.71. The predicted molar refractivity (Wildman–Crippen MR) is 122 cm³/mol. The van der Waals surface area contributed by atoms with E-state index in [1.54, 1.807) is 24.3 Å².